The summed E-state index contributed by atoms with van der Waals surface area (Å²) in [4.78, 5) is 5.01. The lowest BCUT2D eigenvalue weighted by molar-refractivity contribution is 0.0537. The first-order chi connectivity index (χ1) is 12.1. The molecule has 0 unspecified atom stereocenters. The maximum absolute atomic E-state index is 5.81. The predicted molar refractivity (Wildman–Crippen MR) is 112 cm³/mol. The molecule has 4 heteroatoms. The Morgan fingerprint density at radius 1 is 0.923 bits per heavy atom. The van der Waals surface area contributed by atoms with Gasteiger partial charge in [-0.1, -0.05) is 32.9 Å². The van der Waals surface area contributed by atoms with Gasteiger partial charge in [-0.3, -0.25) is 4.90 Å². The molecule has 2 rings (SSSR count). The van der Waals surface area contributed by atoms with Crippen molar-refractivity contribution in [2.24, 2.45) is 5.41 Å². The zero-order chi connectivity index (χ0) is 19.2. The highest BCUT2D eigenvalue weighted by atomic mass is 16.5. The van der Waals surface area contributed by atoms with Crippen LogP contribution in [0.2, 0.25) is 0 Å². The lowest BCUT2D eigenvalue weighted by Gasteiger charge is -2.36. The van der Waals surface area contributed by atoms with Crippen LogP contribution in [0.15, 0.2) is 24.3 Å². The Morgan fingerprint density at radius 2 is 1.54 bits per heavy atom. The molecule has 26 heavy (non-hydrogen) atoms. The minimum absolute atomic E-state index is 0.158. The monoisotopic (exact) mass is 361 g/mol. The molecule has 1 fully saturated rings. The molecule has 0 atom stereocenters. The molecule has 1 aromatic rings. The third-order valence-electron chi connectivity index (χ3n) is 4.58. The number of hydrogen-bond donors (Lipinski definition) is 1. The van der Waals surface area contributed by atoms with E-state index in [9.17, 15) is 0 Å². The van der Waals surface area contributed by atoms with Gasteiger partial charge < -0.3 is 15.0 Å². The maximum Gasteiger partial charge on any atom is 0.0593 e. The molecular formula is C22H39N3O. The van der Waals surface area contributed by atoms with Gasteiger partial charge in [0.1, 0.15) is 0 Å². The van der Waals surface area contributed by atoms with E-state index in [1.165, 1.54) is 11.3 Å². The van der Waals surface area contributed by atoms with Gasteiger partial charge in [-0.25, -0.2) is 0 Å². The van der Waals surface area contributed by atoms with Crippen LogP contribution in [0.5, 0.6) is 0 Å². The quantitative estimate of drug-likeness (QED) is 0.749. The number of rotatable bonds is 7. The van der Waals surface area contributed by atoms with Gasteiger partial charge in [0.15, 0.2) is 0 Å². The molecule has 0 aromatic heterocycles. The minimum Gasteiger partial charge on any atom is -0.380 e. The van der Waals surface area contributed by atoms with Crippen LogP contribution in [0.3, 0.4) is 0 Å². The van der Waals surface area contributed by atoms with Crippen molar-refractivity contribution in [3.05, 3.63) is 29.8 Å². The Labute approximate surface area is 160 Å². The number of benzene rings is 1. The first-order valence-corrected chi connectivity index (χ1v) is 10.0. The van der Waals surface area contributed by atoms with Gasteiger partial charge >= 0.3 is 0 Å². The van der Waals surface area contributed by atoms with Crippen LogP contribution in [0, 0.1) is 5.41 Å². The van der Waals surface area contributed by atoms with Crippen LogP contribution < -0.4 is 10.2 Å². The van der Waals surface area contributed by atoms with Gasteiger partial charge in [0.05, 0.1) is 13.2 Å². The van der Waals surface area contributed by atoms with Gasteiger partial charge in [0.25, 0.3) is 0 Å². The fourth-order valence-corrected chi connectivity index (χ4v) is 2.99. The molecule has 0 aliphatic carbocycles. The largest absolute Gasteiger partial charge is 0.380 e. The van der Waals surface area contributed by atoms with Gasteiger partial charge in [-0.15, -0.1) is 0 Å². The van der Waals surface area contributed by atoms with E-state index in [0.29, 0.717) is 0 Å². The van der Waals surface area contributed by atoms with E-state index in [0.717, 1.165) is 52.5 Å². The first-order valence-electron chi connectivity index (χ1n) is 10.0. The lowest BCUT2D eigenvalue weighted by Crippen LogP contribution is -2.47. The van der Waals surface area contributed by atoms with Crippen molar-refractivity contribution < 1.29 is 4.74 Å². The highest BCUT2D eigenvalue weighted by Crippen LogP contribution is 2.18. The third kappa shape index (κ3) is 8.07. The van der Waals surface area contributed by atoms with Crippen molar-refractivity contribution in [3.63, 3.8) is 0 Å². The summed E-state index contributed by atoms with van der Waals surface area (Å²) in [5.74, 6) is 0. The smallest absolute Gasteiger partial charge is 0.0593 e. The van der Waals surface area contributed by atoms with Crippen LogP contribution in [0.4, 0.5) is 5.69 Å². The topological polar surface area (TPSA) is 27.7 Å². The van der Waals surface area contributed by atoms with Crippen LogP contribution in [-0.2, 0) is 11.3 Å². The zero-order valence-corrected chi connectivity index (χ0v) is 17.8. The second-order valence-electron chi connectivity index (χ2n) is 9.71. The van der Waals surface area contributed by atoms with Crippen molar-refractivity contribution in [1.29, 1.82) is 0 Å². The summed E-state index contributed by atoms with van der Waals surface area (Å²) in [7, 11) is 0. The Morgan fingerprint density at radius 3 is 2.08 bits per heavy atom. The fraction of sp³-hybridized carbons (Fsp3) is 0.727. The molecule has 1 aliphatic heterocycles. The second kappa shape index (κ2) is 9.20. The number of piperazine rings is 1. The van der Waals surface area contributed by atoms with Crippen molar-refractivity contribution >= 4 is 5.69 Å². The summed E-state index contributed by atoms with van der Waals surface area (Å²) in [6.07, 6.45) is 0. The van der Waals surface area contributed by atoms with E-state index in [4.69, 9.17) is 4.74 Å². The zero-order valence-electron chi connectivity index (χ0n) is 17.8. The highest BCUT2D eigenvalue weighted by molar-refractivity contribution is 5.48. The molecule has 1 aromatic carbocycles. The summed E-state index contributed by atoms with van der Waals surface area (Å²) in [5.41, 5.74) is 3.10. The summed E-state index contributed by atoms with van der Waals surface area (Å²) >= 11 is 0. The second-order valence-corrected chi connectivity index (χ2v) is 9.71. The molecule has 0 amide bonds. The molecule has 1 aliphatic rings. The lowest BCUT2D eigenvalue weighted by atomic mass is 9.99. The van der Waals surface area contributed by atoms with Crippen molar-refractivity contribution in [2.45, 2.75) is 53.6 Å². The number of hydrogen-bond acceptors (Lipinski definition) is 4. The number of ether oxygens (including phenoxy) is 1. The Hall–Kier alpha value is -1.10. The van der Waals surface area contributed by atoms with E-state index in [1.807, 2.05) is 0 Å². The van der Waals surface area contributed by atoms with E-state index >= 15 is 0 Å². The molecule has 148 valence electrons. The Kier molecular flexibility index (Phi) is 7.51. The summed E-state index contributed by atoms with van der Waals surface area (Å²) in [5, 5.41) is 3.54. The maximum atomic E-state index is 5.81. The molecule has 0 bridgehead atoms. The Balaban J connectivity index is 1.70. The van der Waals surface area contributed by atoms with E-state index < -0.39 is 0 Å². The summed E-state index contributed by atoms with van der Waals surface area (Å²) in [6, 6.07) is 9.03. The standard InChI is InChI=1S/C22H39N3O/c1-21(2,3)18-26-16-15-24-11-13-25(14-12-24)20-9-7-19(8-10-20)17-23-22(4,5)6/h7-10,23H,11-18H2,1-6H3. The van der Waals surface area contributed by atoms with Gasteiger partial charge in [0, 0.05) is 50.5 Å². The molecular weight excluding hydrogens is 322 g/mol. The molecule has 0 spiro atoms. The van der Waals surface area contributed by atoms with Crippen LogP contribution in [-0.4, -0.2) is 56.4 Å². The Bertz CT molecular complexity index is 520. The summed E-state index contributed by atoms with van der Waals surface area (Å²) in [6.45, 7) is 21.3. The van der Waals surface area contributed by atoms with Crippen LogP contribution >= 0.6 is 0 Å². The van der Waals surface area contributed by atoms with Crippen LogP contribution in [0.1, 0.15) is 47.1 Å². The van der Waals surface area contributed by atoms with Gasteiger partial charge in [-0.2, -0.15) is 0 Å². The van der Waals surface area contributed by atoms with E-state index in [1.54, 1.807) is 0 Å². The predicted octanol–water partition coefficient (Wildman–Crippen LogP) is 3.76. The number of anilines is 1. The molecule has 1 saturated heterocycles. The van der Waals surface area contributed by atoms with E-state index in [-0.39, 0.29) is 11.0 Å². The molecule has 0 radical (unpaired) electrons. The van der Waals surface area contributed by atoms with Crippen molar-refractivity contribution in [2.75, 3.05) is 50.8 Å². The summed E-state index contributed by atoms with van der Waals surface area (Å²) < 4.78 is 5.81. The van der Waals surface area contributed by atoms with Crippen molar-refractivity contribution in [3.8, 4) is 0 Å². The highest BCUT2D eigenvalue weighted by Gasteiger charge is 2.17. The fourth-order valence-electron chi connectivity index (χ4n) is 2.99. The first kappa shape index (κ1) is 21.2. The van der Waals surface area contributed by atoms with Gasteiger partial charge in [0.2, 0.25) is 0 Å². The normalized spacial score (nSPS) is 16.9. The minimum atomic E-state index is 0.158. The van der Waals surface area contributed by atoms with E-state index in [2.05, 4.69) is 80.9 Å². The number of nitrogens with one attached hydrogen (secondary N) is 1. The van der Waals surface area contributed by atoms with Crippen LogP contribution in [0.25, 0.3) is 0 Å². The molecule has 1 N–H and O–H groups in total. The SMILES string of the molecule is CC(C)(C)COCCN1CCN(c2ccc(CNC(C)(C)C)cc2)CC1. The average Bonchev–Trinajstić information content (AvgIpc) is 2.57. The van der Waals surface area contributed by atoms with Crippen molar-refractivity contribution in [1.82, 2.24) is 10.2 Å². The average molecular weight is 362 g/mol. The third-order valence-corrected chi connectivity index (χ3v) is 4.58. The molecule has 4 nitrogen and oxygen atoms in total. The number of nitrogens with zero attached hydrogens (tertiary/aromatic N) is 2. The molecule has 1 heterocycles. The van der Waals surface area contributed by atoms with Gasteiger partial charge in [-0.05, 0) is 43.9 Å². The molecule has 0 saturated carbocycles.